The SMILES string of the molecule is CC[Si](CC)(CC)O[C@H]([C@@H](C)[C@@H]1O[C@H](c2ccc(OC)cc2)OC[C@H]1C)[C@@H](C)CO[Si](c1ccccc1)(c1ccccc1)C(C)(C)C. The van der Waals surface area contributed by atoms with Crippen molar-refractivity contribution < 1.29 is 23.1 Å². The van der Waals surface area contributed by atoms with Crippen molar-refractivity contribution >= 4 is 27.0 Å². The van der Waals surface area contributed by atoms with Gasteiger partial charge in [0.05, 0.1) is 25.9 Å². The fraction of sp³-hybridized carbons (Fsp3) is 0.550. The molecule has 3 aromatic rings. The van der Waals surface area contributed by atoms with Crippen molar-refractivity contribution in [2.24, 2.45) is 17.8 Å². The highest BCUT2D eigenvalue weighted by molar-refractivity contribution is 6.99. The van der Waals surface area contributed by atoms with Crippen LogP contribution in [0.4, 0.5) is 0 Å². The normalized spacial score (nSPS) is 21.2. The third kappa shape index (κ3) is 8.31. The Labute approximate surface area is 287 Å². The van der Waals surface area contributed by atoms with E-state index in [1.165, 1.54) is 10.4 Å². The van der Waals surface area contributed by atoms with Gasteiger partial charge in [0.25, 0.3) is 8.32 Å². The molecule has 1 saturated heterocycles. The van der Waals surface area contributed by atoms with E-state index in [0.717, 1.165) is 29.4 Å². The molecule has 1 aliphatic heterocycles. The maximum atomic E-state index is 7.50. The number of hydrogen-bond acceptors (Lipinski definition) is 5. The number of hydrogen-bond donors (Lipinski definition) is 0. The minimum absolute atomic E-state index is 0.0122. The van der Waals surface area contributed by atoms with Crippen LogP contribution in [0.15, 0.2) is 84.9 Å². The lowest BCUT2D eigenvalue weighted by Crippen LogP contribution is -2.67. The minimum Gasteiger partial charge on any atom is -0.497 e. The average molecular weight is 677 g/mol. The summed E-state index contributed by atoms with van der Waals surface area (Å²) >= 11 is 0. The van der Waals surface area contributed by atoms with Gasteiger partial charge in [0.2, 0.25) is 0 Å². The molecule has 0 saturated carbocycles. The summed E-state index contributed by atoms with van der Waals surface area (Å²) in [5.41, 5.74) is 1.01. The lowest BCUT2D eigenvalue weighted by molar-refractivity contribution is -0.256. The average Bonchev–Trinajstić information content (AvgIpc) is 3.09. The Kier molecular flexibility index (Phi) is 13.1. The Morgan fingerprint density at radius 2 is 1.34 bits per heavy atom. The highest BCUT2D eigenvalue weighted by Crippen LogP contribution is 2.40. The Bertz CT molecular complexity index is 1290. The van der Waals surface area contributed by atoms with Crippen LogP contribution in [-0.2, 0) is 18.3 Å². The van der Waals surface area contributed by atoms with E-state index < -0.39 is 22.9 Å². The summed E-state index contributed by atoms with van der Waals surface area (Å²) < 4.78 is 33.5. The van der Waals surface area contributed by atoms with Gasteiger partial charge in [-0.3, -0.25) is 0 Å². The lowest BCUT2D eigenvalue weighted by Gasteiger charge is -2.47. The van der Waals surface area contributed by atoms with Crippen LogP contribution >= 0.6 is 0 Å². The second-order valence-corrected chi connectivity index (χ2v) is 23.7. The smallest absolute Gasteiger partial charge is 0.261 e. The number of methoxy groups -OCH3 is 1. The maximum absolute atomic E-state index is 7.50. The summed E-state index contributed by atoms with van der Waals surface area (Å²) in [4.78, 5) is 0. The first-order valence-electron chi connectivity index (χ1n) is 17.8. The van der Waals surface area contributed by atoms with Gasteiger partial charge in [-0.2, -0.15) is 0 Å². The minimum atomic E-state index is -2.70. The van der Waals surface area contributed by atoms with E-state index in [-0.39, 0.29) is 35.0 Å². The van der Waals surface area contributed by atoms with Gasteiger partial charge in [0, 0.05) is 29.9 Å². The van der Waals surface area contributed by atoms with Crippen molar-refractivity contribution in [2.45, 2.75) is 104 Å². The zero-order valence-corrected chi connectivity index (χ0v) is 32.6. The molecule has 0 radical (unpaired) electrons. The predicted molar refractivity (Wildman–Crippen MR) is 200 cm³/mol. The van der Waals surface area contributed by atoms with Crippen LogP contribution in [0, 0.1) is 17.8 Å². The lowest BCUT2D eigenvalue weighted by atomic mass is 9.84. The van der Waals surface area contributed by atoms with Crippen LogP contribution in [0.1, 0.15) is 74.2 Å². The zero-order chi connectivity index (χ0) is 34.2. The zero-order valence-electron chi connectivity index (χ0n) is 30.6. The monoisotopic (exact) mass is 676 g/mol. The molecule has 0 bridgehead atoms. The van der Waals surface area contributed by atoms with Gasteiger partial charge < -0.3 is 23.1 Å². The van der Waals surface area contributed by atoms with Crippen LogP contribution in [0.25, 0.3) is 0 Å². The number of benzene rings is 3. The van der Waals surface area contributed by atoms with Crippen molar-refractivity contribution in [1.29, 1.82) is 0 Å². The van der Waals surface area contributed by atoms with Gasteiger partial charge in [-0.1, -0.05) is 135 Å². The summed E-state index contributed by atoms with van der Waals surface area (Å²) in [5.74, 6) is 1.35. The summed E-state index contributed by atoms with van der Waals surface area (Å²) in [6.45, 7) is 22.2. The Morgan fingerprint density at radius 1 is 0.809 bits per heavy atom. The molecule has 6 atom stereocenters. The molecule has 0 unspecified atom stereocenters. The van der Waals surface area contributed by atoms with Gasteiger partial charge in [0.15, 0.2) is 14.6 Å². The van der Waals surface area contributed by atoms with Crippen LogP contribution in [0.5, 0.6) is 5.75 Å². The molecule has 1 heterocycles. The molecule has 0 aliphatic carbocycles. The standard InChI is InChI=1S/C40H60O5Si2/c1-11-46(12-2,13-3)45-38(32(6)37-30(4)28-42-39(44-37)33-24-26-34(41-10)27-25-33)31(5)29-43-47(40(7,8)9,35-20-16-14-17-21-35)36-22-18-15-19-23-36/h14-27,30-32,37-39H,11-13,28-29H2,1-10H3/t30-,31+,32+,37-,38+,39-/m1/s1. The molecule has 47 heavy (non-hydrogen) atoms. The largest absolute Gasteiger partial charge is 0.497 e. The predicted octanol–water partition coefficient (Wildman–Crippen LogP) is 8.98. The highest BCUT2D eigenvalue weighted by Gasteiger charge is 2.51. The molecule has 7 heteroatoms. The van der Waals surface area contributed by atoms with E-state index in [4.69, 9.17) is 23.1 Å². The molecule has 0 N–H and O–H groups in total. The first kappa shape index (κ1) is 37.6. The molecule has 3 aromatic carbocycles. The molecule has 0 aromatic heterocycles. The maximum Gasteiger partial charge on any atom is 0.261 e. The van der Waals surface area contributed by atoms with Gasteiger partial charge >= 0.3 is 0 Å². The van der Waals surface area contributed by atoms with E-state index in [1.54, 1.807) is 7.11 Å². The number of rotatable bonds is 15. The molecule has 1 fully saturated rings. The van der Waals surface area contributed by atoms with Crippen molar-refractivity contribution in [3.63, 3.8) is 0 Å². The topological polar surface area (TPSA) is 46.2 Å². The van der Waals surface area contributed by atoms with Crippen LogP contribution in [0.2, 0.25) is 23.2 Å². The Morgan fingerprint density at radius 3 is 1.81 bits per heavy atom. The molecule has 0 spiro atoms. The van der Waals surface area contributed by atoms with Gasteiger partial charge in [0.1, 0.15) is 5.75 Å². The van der Waals surface area contributed by atoms with E-state index in [0.29, 0.717) is 13.2 Å². The molecular formula is C40H60O5Si2. The molecule has 0 amide bonds. The third-order valence-electron chi connectivity index (χ3n) is 10.6. The summed E-state index contributed by atoms with van der Waals surface area (Å²) in [6.07, 6.45) is -0.449. The summed E-state index contributed by atoms with van der Waals surface area (Å²) in [5, 5.41) is 2.52. The number of ether oxygens (including phenoxy) is 3. The molecule has 1 aliphatic rings. The summed E-state index contributed by atoms with van der Waals surface area (Å²) in [7, 11) is -2.98. The second kappa shape index (κ2) is 16.4. The van der Waals surface area contributed by atoms with Gasteiger partial charge in [-0.05, 0) is 45.7 Å². The van der Waals surface area contributed by atoms with E-state index in [2.05, 4.69) is 123 Å². The van der Waals surface area contributed by atoms with E-state index in [9.17, 15) is 0 Å². The highest BCUT2D eigenvalue weighted by atomic mass is 28.4. The van der Waals surface area contributed by atoms with Crippen LogP contribution in [0.3, 0.4) is 0 Å². The van der Waals surface area contributed by atoms with Gasteiger partial charge in [-0.25, -0.2) is 0 Å². The third-order valence-corrected chi connectivity index (χ3v) is 20.3. The fourth-order valence-corrected chi connectivity index (χ4v) is 15.3. The van der Waals surface area contributed by atoms with E-state index >= 15 is 0 Å². The van der Waals surface area contributed by atoms with E-state index in [1.807, 2.05) is 24.3 Å². The Hall–Kier alpha value is -2.27. The van der Waals surface area contributed by atoms with Crippen molar-refractivity contribution in [1.82, 2.24) is 0 Å². The first-order valence-corrected chi connectivity index (χ1v) is 22.2. The molecule has 5 nitrogen and oxygen atoms in total. The van der Waals surface area contributed by atoms with Crippen molar-refractivity contribution in [3.05, 3.63) is 90.5 Å². The van der Waals surface area contributed by atoms with Crippen LogP contribution in [-0.4, -0.2) is 49.2 Å². The Balaban J connectivity index is 1.69. The van der Waals surface area contributed by atoms with Crippen LogP contribution < -0.4 is 15.1 Å². The van der Waals surface area contributed by atoms with Crippen molar-refractivity contribution in [3.8, 4) is 5.75 Å². The quantitative estimate of drug-likeness (QED) is 0.150. The van der Waals surface area contributed by atoms with Crippen molar-refractivity contribution in [2.75, 3.05) is 20.3 Å². The second-order valence-electron chi connectivity index (χ2n) is 14.7. The summed E-state index contributed by atoms with van der Waals surface area (Å²) in [6, 6.07) is 33.2. The molecule has 258 valence electrons. The molecule has 4 rings (SSSR count). The molecular weight excluding hydrogens is 617 g/mol. The van der Waals surface area contributed by atoms with Gasteiger partial charge in [-0.15, -0.1) is 0 Å². The fourth-order valence-electron chi connectivity index (χ4n) is 7.56. The first-order chi connectivity index (χ1) is 22.4.